The number of aliphatic imine (C=N–C) groups is 1. The van der Waals surface area contributed by atoms with E-state index in [9.17, 15) is 0 Å². The first-order chi connectivity index (χ1) is 20.0. The summed E-state index contributed by atoms with van der Waals surface area (Å²) in [6.45, 7) is 24.4. The van der Waals surface area contributed by atoms with Gasteiger partial charge in [-0.2, -0.15) is 0 Å². The second-order valence-electron chi connectivity index (χ2n) is 14.2. The molecule has 5 nitrogen and oxygen atoms in total. The van der Waals surface area contributed by atoms with Crippen LogP contribution in [-0.2, 0) is 20.3 Å². The minimum absolute atomic E-state index is 0.156. The van der Waals surface area contributed by atoms with Crippen LogP contribution in [0.4, 0.5) is 0 Å². The summed E-state index contributed by atoms with van der Waals surface area (Å²) in [5.41, 5.74) is 5.22. The number of nitrogens with zero attached hydrogens (tertiary/aromatic N) is 1. The third-order valence-electron chi connectivity index (χ3n) is 6.94. The molecule has 3 aromatic carbocycles. The molecule has 0 aliphatic carbocycles. The molecule has 0 saturated carbocycles. The van der Waals surface area contributed by atoms with Gasteiger partial charge in [-0.1, -0.05) is 77.9 Å². The molecular weight excluding hydrogens is 553 g/mol. The van der Waals surface area contributed by atoms with E-state index < -0.39 is 7.92 Å². The summed E-state index contributed by atoms with van der Waals surface area (Å²) in [5, 5.41) is 3.44. The maximum atomic E-state index is 6.52. The normalized spacial score (nSPS) is 12.8. The van der Waals surface area contributed by atoms with Crippen LogP contribution in [0.5, 0.6) is 11.5 Å². The van der Waals surface area contributed by atoms with E-state index in [0.29, 0.717) is 0 Å². The van der Waals surface area contributed by atoms with Crippen molar-refractivity contribution < 1.29 is 18.9 Å². The Hall–Kier alpha value is -2.72. The molecule has 43 heavy (non-hydrogen) atoms. The van der Waals surface area contributed by atoms with Gasteiger partial charge in [-0.25, -0.2) is 0 Å². The van der Waals surface area contributed by atoms with E-state index >= 15 is 0 Å². The lowest BCUT2D eigenvalue weighted by Crippen LogP contribution is -2.30. The molecular formula is C37H52NO4P. The van der Waals surface area contributed by atoms with Crippen molar-refractivity contribution in [2.45, 2.75) is 92.5 Å². The Morgan fingerprint density at radius 2 is 1.09 bits per heavy atom. The molecule has 0 aliphatic heterocycles. The predicted molar refractivity (Wildman–Crippen MR) is 184 cm³/mol. The van der Waals surface area contributed by atoms with Crippen LogP contribution in [0.15, 0.2) is 53.5 Å². The van der Waals surface area contributed by atoms with Gasteiger partial charge in [0.15, 0.2) is 13.6 Å². The van der Waals surface area contributed by atoms with Crippen LogP contribution in [0.25, 0.3) is 0 Å². The first kappa shape index (κ1) is 34.8. The van der Waals surface area contributed by atoms with Crippen LogP contribution in [0.3, 0.4) is 0 Å². The van der Waals surface area contributed by atoms with Crippen LogP contribution in [-0.4, -0.2) is 39.6 Å². The lowest BCUT2D eigenvalue weighted by atomic mass is 9.85. The molecule has 0 atom stereocenters. The van der Waals surface area contributed by atoms with Gasteiger partial charge >= 0.3 is 0 Å². The Morgan fingerprint density at radius 1 is 0.651 bits per heavy atom. The van der Waals surface area contributed by atoms with Crippen molar-refractivity contribution >= 4 is 30.0 Å². The van der Waals surface area contributed by atoms with Crippen LogP contribution in [0.2, 0.25) is 0 Å². The number of hydrogen-bond donors (Lipinski definition) is 0. The van der Waals surface area contributed by atoms with E-state index in [1.54, 1.807) is 14.2 Å². The molecule has 0 aromatic heterocycles. The quantitative estimate of drug-likeness (QED) is 0.134. The molecule has 0 saturated heterocycles. The third kappa shape index (κ3) is 8.91. The summed E-state index contributed by atoms with van der Waals surface area (Å²) in [6.07, 6.45) is 2.02. The van der Waals surface area contributed by atoms with Crippen LogP contribution in [0, 0.1) is 13.8 Å². The zero-order valence-electron chi connectivity index (χ0n) is 28.6. The number of ether oxygens (including phenoxy) is 4. The highest BCUT2D eigenvalue weighted by Gasteiger charge is 2.33. The van der Waals surface area contributed by atoms with E-state index in [2.05, 4.69) is 125 Å². The van der Waals surface area contributed by atoms with E-state index in [1.165, 1.54) is 16.4 Å². The van der Waals surface area contributed by atoms with Crippen molar-refractivity contribution in [2.75, 3.05) is 27.8 Å². The fraction of sp³-hybridized carbons (Fsp3) is 0.486. The minimum Gasteiger partial charge on any atom is -0.467 e. The molecule has 0 N–H and O–H groups in total. The Balaban J connectivity index is 2.58. The molecule has 0 fully saturated rings. The van der Waals surface area contributed by atoms with Gasteiger partial charge in [0.25, 0.3) is 0 Å². The molecule has 0 unspecified atom stereocenters. The third-order valence-corrected chi connectivity index (χ3v) is 9.45. The molecule has 3 aromatic rings. The van der Waals surface area contributed by atoms with Gasteiger partial charge in [0, 0.05) is 47.7 Å². The molecule has 0 heterocycles. The Morgan fingerprint density at radius 3 is 1.49 bits per heavy atom. The fourth-order valence-electron chi connectivity index (χ4n) is 4.95. The predicted octanol–water partition coefficient (Wildman–Crippen LogP) is 7.84. The molecule has 0 spiro atoms. The highest BCUT2D eigenvalue weighted by molar-refractivity contribution is 7.80. The summed E-state index contributed by atoms with van der Waals surface area (Å²) in [5.74, 6) is 1.73. The van der Waals surface area contributed by atoms with Crippen LogP contribution in [0.1, 0.15) is 90.1 Å². The van der Waals surface area contributed by atoms with E-state index in [-0.39, 0.29) is 30.0 Å². The summed E-state index contributed by atoms with van der Waals surface area (Å²) in [7, 11) is 2.13. The Labute approximate surface area is 261 Å². The molecule has 3 rings (SSSR count). The van der Waals surface area contributed by atoms with E-state index in [4.69, 9.17) is 23.9 Å². The molecule has 0 amide bonds. The van der Waals surface area contributed by atoms with Crippen molar-refractivity contribution in [3.8, 4) is 11.5 Å². The summed E-state index contributed by atoms with van der Waals surface area (Å²) >= 11 is 0. The van der Waals surface area contributed by atoms with Gasteiger partial charge in [0.2, 0.25) is 0 Å². The molecule has 0 bridgehead atoms. The largest absolute Gasteiger partial charge is 0.467 e. The number of hydrogen-bond acceptors (Lipinski definition) is 5. The first-order valence-corrected chi connectivity index (χ1v) is 16.3. The maximum Gasteiger partial charge on any atom is 0.188 e. The van der Waals surface area contributed by atoms with Crippen LogP contribution < -0.4 is 25.4 Å². The van der Waals surface area contributed by atoms with Crippen molar-refractivity contribution in [3.05, 3.63) is 76.3 Å². The highest BCUT2D eigenvalue weighted by Crippen LogP contribution is 2.46. The van der Waals surface area contributed by atoms with Gasteiger partial charge in [-0.05, 0) is 81.9 Å². The summed E-state index contributed by atoms with van der Waals surface area (Å²) in [4.78, 5) is 4.93. The Bertz CT molecular complexity index is 1350. The molecule has 0 radical (unpaired) electrons. The number of methoxy groups -OCH3 is 2. The molecule has 6 heteroatoms. The summed E-state index contributed by atoms with van der Waals surface area (Å²) < 4.78 is 24.0. The average molecular weight is 606 g/mol. The van der Waals surface area contributed by atoms with Gasteiger partial charge < -0.3 is 18.9 Å². The van der Waals surface area contributed by atoms with Gasteiger partial charge in [-0.15, -0.1) is 0 Å². The SMILES string of the molecule is COCOc1c(P(c2ccccc2C=NC(C)(C)C)c2cc(C)cc(C(C)(C)C)c2OCOC)cc(C)cc1C(C)(C)C. The van der Waals surface area contributed by atoms with Crippen molar-refractivity contribution in [1.29, 1.82) is 0 Å². The van der Waals surface area contributed by atoms with E-state index in [0.717, 1.165) is 38.8 Å². The number of rotatable bonds is 10. The van der Waals surface area contributed by atoms with E-state index in [1.807, 2.05) is 6.21 Å². The topological polar surface area (TPSA) is 49.3 Å². The van der Waals surface area contributed by atoms with Gasteiger partial charge in [-0.3, -0.25) is 4.99 Å². The monoisotopic (exact) mass is 605 g/mol. The summed E-state index contributed by atoms with van der Waals surface area (Å²) in [6, 6.07) is 17.6. The molecule has 234 valence electrons. The Kier molecular flexibility index (Phi) is 11.3. The van der Waals surface area contributed by atoms with Crippen molar-refractivity contribution in [3.63, 3.8) is 0 Å². The van der Waals surface area contributed by atoms with Gasteiger partial charge in [0.05, 0.1) is 5.54 Å². The zero-order valence-corrected chi connectivity index (χ0v) is 29.5. The smallest absolute Gasteiger partial charge is 0.188 e. The van der Waals surface area contributed by atoms with Crippen LogP contribution >= 0.6 is 7.92 Å². The lowest BCUT2D eigenvalue weighted by molar-refractivity contribution is 0.0506. The van der Waals surface area contributed by atoms with Gasteiger partial charge in [0.1, 0.15) is 11.5 Å². The zero-order chi connectivity index (χ0) is 32.2. The first-order valence-electron chi connectivity index (χ1n) is 15.0. The second kappa shape index (κ2) is 13.9. The maximum absolute atomic E-state index is 6.52. The standard InChI is InChI=1S/C37H52NO4P/c1-25-18-28(35(3,4)5)33(41-23-39-12)31(20-25)43(30-17-15-14-16-27(30)22-38-37(9,10)11)32-21-26(2)19-29(36(6,7)8)34(32)42-24-40-13/h14-22H,23-24H2,1-13H3. The van der Waals surface area contributed by atoms with Crippen molar-refractivity contribution in [2.24, 2.45) is 4.99 Å². The second-order valence-corrected chi connectivity index (χ2v) is 16.4. The minimum atomic E-state index is -1.20. The number of benzene rings is 3. The fourth-order valence-corrected chi connectivity index (χ4v) is 7.79. The molecule has 0 aliphatic rings. The average Bonchev–Trinajstić information content (AvgIpc) is 2.89. The lowest BCUT2D eigenvalue weighted by Gasteiger charge is -2.32. The van der Waals surface area contributed by atoms with Crippen molar-refractivity contribution in [1.82, 2.24) is 0 Å². The highest BCUT2D eigenvalue weighted by atomic mass is 31.1. The number of aryl methyl sites for hydroxylation is 2.